The third-order valence-corrected chi connectivity index (χ3v) is 3.46. The van der Waals surface area contributed by atoms with Gasteiger partial charge in [-0.05, 0) is 30.7 Å². The minimum Gasteiger partial charge on any atom is -0.397 e. The van der Waals surface area contributed by atoms with E-state index in [2.05, 4.69) is 0 Å². The second-order valence-electron chi connectivity index (χ2n) is 4.69. The number of hydrogen-bond donors (Lipinski definition) is 0. The Balaban J connectivity index is 2.20. The fraction of sp³-hybridized carbons (Fsp3) is 0.0667. The number of carbonyl (C=O) groups is 2. The summed E-state index contributed by atoms with van der Waals surface area (Å²) in [6.45, 7) is 1.65. The maximum Gasteiger partial charge on any atom is 0.433 e. The highest BCUT2D eigenvalue weighted by molar-refractivity contribution is 6.10. The highest BCUT2D eigenvalue weighted by atomic mass is 16.6. The Hall–Kier alpha value is -3.22. The van der Waals surface area contributed by atoms with Gasteiger partial charge in [-0.3, -0.25) is 19.7 Å². The highest BCUT2D eigenvalue weighted by Crippen LogP contribution is 2.26. The van der Waals surface area contributed by atoms with Crippen LogP contribution in [-0.4, -0.2) is 21.4 Å². The van der Waals surface area contributed by atoms with Crippen LogP contribution in [-0.2, 0) is 0 Å². The third kappa shape index (κ3) is 1.91. The predicted octanol–water partition coefficient (Wildman–Crippen LogP) is 2.79. The molecule has 22 heavy (non-hydrogen) atoms. The van der Waals surface area contributed by atoms with Crippen molar-refractivity contribution in [2.75, 3.05) is 0 Å². The Morgan fingerprint density at radius 1 is 1.32 bits per heavy atom. The zero-order valence-corrected chi connectivity index (χ0v) is 11.5. The second-order valence-corrected chi connectivity index (χ2v) is 4.69. The molecule has 0 radical (unpaired) electrons. The maximum absolute atomic E-state index is 12.6. The Labute approximate surface area is 123 Å². The molecule has 0 aliphatic heterocycles. The number of hydrogen-bond acceptors (Lipinski definition) is 5. The molecule has 0 atom stereocenters. The number of aldehydes is 1. The summed E-state index contributed by atoms with van der Waals surface area (Å²) in [5.41, 5.74) is 1.76. The molecule has 3 aromatic heterocycles. The third-order valence-electron chi connectivity index (χ3n) is 3.46. The number of carbonyl (C=O) groups excluding carboxylic acids is 2. The molecule has 0 aliphatic rings. The van der Waals surface area contributed by atoms with E-state index >= 15 is 0 Å². The van der Waals surface area contributed by atoms with Gasteiger partial charge in [0, 0.05) is 11.8 Å². The molecular weight excluding hydrogens is 288 g/mol. The van der Waals surface area contributed by atoms with Gasteiger partial charge in [-0.2, -0.15) is 0 Å². The fourth-order valence-electron chi connectivity index (χ4n) is 2.45. The van der Waals surface area contributed by atoms with Crippen LogP contribution in [0.25, 0.3) is 5.52 Å². The molecule has 3 rings (SSSR count). The van der Waals surface area contributed by atoms with Crippen molar-refractivity contribution in [2.24, 2.45) is 0 Å². The van der Waals surface area contributed by atoms with Crippen LogP contribution in [0.5, 0.6) is 0 Å². The first-order chi connectivity index (χ1) is 10.5. The van der Waals surface area contributed by atoms with Crippen molar-refractivity contribution in [1.29, 1.82) is 0 Å². The fourth-order valence-corrected chi connectivity index (χ4v) is 2.45. The Bertz CT molecular complexity index is 919. The molecule has 0 bridgehead atoms. The summed E-state index contributed by atoms with van der Waals surface area (Å²) >= 11 is 0. The number of fused-ring (bicyclic) bond motifs is 1. The zero-order chi connectivity index (χ0) is 15.9. The van der Waals surface area contributed by atoms with E-state index in [1.54, 1.807) is 35.7 Å². The van der Waals surface area contributed by atoms with E-state index in [1.807, 2.05) is 0 Å². The summed E-state index contributed by atoms with van der Waals surface area (Å²) < 4.78 is 6.54. The highest BCUT2D eigenvalue weighted by Gasteiger charge is 2.25. The first-order valence-corrected chi connectivity index (χ1v) is 6.38. The van der Waals surface area contributed by atoms with Gasteiger partial charge < -0.3 is 8.82 Å². The van der Waals surface area contributed by atoms with Crippen molar-refractivity contribution in [2.45, 2.75) is 6.92 Å². The smallest absolute Gasteiger partial charge is 0.397 e. The Kier molecular flexibility index (Phi) is 3.10. The van der Waals surface area contributed by atoms with Crippen LogP contribution in [0.2, 0.25) is 0 Å². The van der Waals surface area contributed by atoms with Crippen LogP contribution in [0.4, 0.5) is 5.88 Å². The molecule has 0 unspecified atom stereocenters. The van der Waals surface area contributed by atoms with Crippen LogP contribution in [0, 0.1) is 17.0 Å². The number of ketones is 1. The van der Waals surface area contributed by atoms with Gasteiger partial charge in [0.15, 0.2) is 12.0 Å². The standard InChI is InChI=1S/C15H10N2O5/c1-9-10(8-18)11-4-2-3-7-16(11)14(9)15(19)12-5-6-13(22-12)17(20)21/h2-8H,1H3. The average Bonchev–Trinajstić information content (AvgIpc) is 3.09. The van der Waals surface area contributed by atoms with Gasteiger partial charge in [-0.25, -0.2) is 0 Å². The molecule has 0 N–H and O–H groups in total. The topological polar surface area (TPSA) is 94.8 Å². The molecule has 0 aliphatic carbocycles. The largest absolute Gasteiger partial charge is 0.433 e. The molecule has 0 fully saturated rings. The molecule has 110 valence electrons. The number of aromatic nitrogens is 1. The monoisotopic (exact) mass is 298 g/mol. The molecule has 7 heteroatoms. The van der Waals surface area contributed by atoms with E-state index in [1.165, 1.54) is 6.07 Å². The van der Waals surface area contributed by atoms with Crippen molar-refractivity contribution in [3.05, 3.63) is 69.2 Å². The average molecular weight is 298 g/mol. The van der Waals surface area contributed by atoms with Crippen molar-refractivity contribution < 1.29 is 18.9 Å². The minimum atomic E-state index is -0.712. The molecule has 0 amide bonds. The summed E-state index contributed by atoms with van der Waals surface area (Å²) in [5.74, 6) is -1.16. The maximum atomic E-state index is 12.6. The summed E-state index contributed by atoms with van der Waals surface area (Å²) in [6, 6.07) is 7.58. The van der Waals surface area contributed by atoms with Gasteiger partial charge in [0.2, 0.25) is 5.78 Å². The van der Waals surface area contributed by atoms with Gasteiger partial charge in [-0.1, -0.05) is 6.07 Å². The van der Waals surface area contributed by atoms with Gasteiger partial charge in [0.25, 0.3) is 0 Å². The Morgan fingerprint density at radius 2 is 2.09 bits per heavy atom. The molecule has 3 heterocycles. The molecule has 7 nitrogen and oxygen atoms in total. The Morgan fingerprint density at radius 3 is 2.73 bits per heavy atom. The van der Waals surface area contributed by atoms with Gasteiger partial charge in [0.1, 0.15) is 10.6 Å². The first kappa shape index (κ1) is 13.7. The van der Waals surface area contributed by atoms with E-state index in [0.29, 0.717) is 22.9 Å². The van der Waals surface area contributed by atoms with Crippen molar-refractivity contribution >= 4 is 23.5 Å². The molecule has 0 aromatic carbocycles. The van der Waals surface area contributed by atoms with E-state index in [-0.39, 0.29) is 11.5 Å². The van der Waals surface area contributed by atoms with Crippen LogP contribution >= 0.6 is 0 Å². The number of pyridine rings is 1. The van der Waals surface area contributed by atoms with E-state index in [4.69, 9.17) is 4.42 Å². The zero-order valence-electron chi connectivity index (χ0n) is 11.5. The van der Waals surface area contributed by atoms with Gasteiger partial charge in [-0.15, -0.1) is 0 Å². The molecule has 0 saturated heterocycles. The van der Waals surface area contributed by atoms with Crippen LogP contribution in [0.15, 0.2) is 40.9 Å². The van der Waals surface area contributed by atoms with E-state index in [0.717, 1.165) is 6.07 Å². The number of rotatable bonds is 4. The van der Waals surface area contributed by atoms with Crippen LogP contribution in [0.3, 0.4) is 0 Å². The van der Waals surface area contributed by atoms with Crippen molar-refractivity contribution in [3.8, 4) is 0 Å². The lowest BCUT2D eigenvalue weighted by Gasteiger charge is -2.00. The number of nitro groups is 1. The summed E-state index contributed by atoms with van der Waals surface area (Å²) in [7, 11) is 0. The second kappa shape index (κ2) is 4.96. The normalized spacial score (nSPS) is 10.8. The molecule has 3 aromatic rings. The van der Waals surface area contributed by atoms with E-state index in [9.17, 15) is 19.7 Å². The number of nitrogens with zero attached hydrogens (tertiary/aromatic N) is 2. The molecule has 0 saturated carbocycles. The van der Waals surface area contributed by atoms with Crippen LogP contribution < -0.4 is 0 Å². The first-order valence-electron chi connectivity index (χ1n) is 6.38. The van der Waals surface area contributed by atoms with Crippen LogP contribution in [0.1, 0.15) is 32.2 Å². The van der Waals surface area contributed by atoms with Gasteiger partial charge in [0.05, 0.1) is 11.6 Å². The lowest BCUT2D eigenvalue weighted by molar-refractivity contribution is -0.402. The minimum absolute atomic E-state index is 0.143. The summed E-state index contributed by atoms with van der Waals surface area (Å²) in [4.78, 5) is 33.8. The van der Waals surface area contributed by atoms with E-state index < -0.39 is 16.6 Å². The lowest BCUT2D eigenvalue weighted by atomic mass is 10.1. The summed E-state index contributed by atoms with van der Waals surface area (Å²) in [6.07, 6.45) is 2.34. The molecular formula is C15H10N2O5. The predicted molar refractivity (Wildman–Crippen MR) is 76.3 cm³/mol. The van der Waals surface area contributed by atoms with Crippen molar-refractivity contribution in [1.82, 2.24) is 4.40 Å². The number of furan rings is 1. The summed E-state index contributed by atoms with van der Waals surface area (Å²) in [5, 5.41) is 10.7. The lowest BCUT2D eigenvalue weighted by Crippen LogP contribution is -2.05. The SMILES string of the molecule is Cc1c(C=O)c2ccccn2c1C(=O)c1ccc([N+](=O)[O-])o1. The molecule has 0 spiro atoms. The van der Waals surface area contributed by atoms with Gasteiger partial charge >= 0.3 is 5.88 Å². The quantitative estimate of drug-likeness (QED) is 0.319. The van der Waals surface area contributed by atoms with Crippen molar-refractivity contribution in [3.63, 3.8) is 0 Å².